The summed E-state index contributed by atoms with van der Waals surface area (Å²) in [5, 5.41) is 19.6. The Morgan fingerprint density at radius 2 is 2.23 bits per heavy atom. The van der Waals surface area contributed by atoms with Crippen LogP contribution in [-0.4, -0.2) is 10.0 Å². The first-order valence-corrected chi connectivity index (χ1v) is 3.75. The molecule has 0 bridgehead atoms. The first-order valence-electron chi connectivity index (χ1n) is 3.75. The van der Waals surface area contributed by atoms with Crippen LogP contribution in [0.5, 0.6) is 5.75 Å². The molecule has 0 aliphatic heterocycles. The lowest BCUT2D eigenvalue weighted by atomic mass is 10.1. The van der Waals surface area contributed by atoms with Crippen LogP contribution in [0, 0.1) is 10.1 Å². The summed E-state index contributed by atoms with van der Waals surface area (Å²) in [5.74, 6) is -0.135. The third-order valence-electron chi connectivity index (χ3n) is 1.72. The van der Waals surface area contributed by atoms with Gasteiger partial charge in [-0.15, -0.1) is 0 Å². The number of aromatic hydroxyl groups is 1. The molecule has 0 heterocycles. The molecule has 0 saturated heterocycles. The third-order valence-corrected chi connectivity index (χ3v) is 1.72. The normalized spacial score (nSPS) is 12.5. The number of phenolic OH excluding ortho intramolecular Hbond substituents is 1. The summed E-state index contributed by atoms with van der Waals surface area (Å²) in [6.07, 6.45) is 0. The Morgan fingerprint density at radius 3 is 2.62 bits per heavy atom. The largest absolute Gasteiger partial charge is 0.507 e. The van der Waals surface area contributed by atoms with E-state index in [4.69, 9.17) is 5.73 Å². The van der Waals surface area contributed by atoms with Gasteiger partial charge in [0.05, 0.1) is 11.0 Å². The van der Waals surface area contributed by atoms with Crippen LogP contribution in [-0.2, 0) is 0 Å². The van der Waals surface area contributed by atoms with Gasteiger partial charge in [-0.25, -0.2) is 0 Å². The monoisotopic (exact) mass is 182 g/mol. The van der Waals surface area contributed by atoms with E-state index in [1.54, 1.807) is 6.92 Å². The fourth-order valence-electron chi connectivity index (χ4n) is 1.03. The molecule has 1 atom stereocenters. The van der Waals surface area contributed by atoms with Gasteiger partial charge in [-0.1, -0.05) is 0 Å². The molecule has 0 aromatic heterocycles. The Labute approximate surface area is 74.9 Å². The Balaban J connectivity index is 3.13. The molecule has 0 spiro atoms. The molecule has 5 heteroatoms. The maximum atomic E-state index is 10.3. The van der Waals surface area contributed by atoms with E-state index in [-0.39, 0.29) is 17.5 Å². The quantitative estimate of drug-likeness (QED) is 0.533. The number of nitro groups is 1. The van der Waals surface area contributed by atoms with Gasteiger partial charge in [0.25, 0.3) is 5.69 Å². The molecule has 1 rings (SSSR count). The van der Waals surface area contributed by atoms with E-state index in [1.807, 2.05) is 0 Å². The number of hydrogen-bond acceptors (Lipinski definition) is 4. The van der Waals surface area contributed by atoms with Crippen molar-refractivity contribution in [2.45, 2.75) is 13.0 Å². The van der Waals surface area contributed by atoms with Gasteiger partial charge >= 0.3 is 0 Å². The molecule has 0 radical (unpaired) electrons. The average molecular weight is 182 g/mol. The summed E-state index contributed by atoms with van der Waals surface area (Å²) in [4.78, 5) is 9.73. The van der Waals surface area contributed by atoms with Gasteiger partial charge in [0.15, 0.2) is 0 Å². The van der Waals surface area contributed by atoms with E-state index in [0.717, 1.165) is 6.07 Å². The molecule has 0 fully saturated rings. The van der Waals surface area contributed by atoms with E-state index in [1.165, 1.54) is 12.1 Å². The van der Waals surface area contributed by atoms with Gasteiger partial charge in [-0.3, -0.25) is 10.1 Å². The molecule has 0 amide bonds. The summed E-state index contributed by atoms with van der Waals surface area (Å²) in [7, 11) is 0. The predicted molar refractivity (Wildman–Crippen MR) is 47.4 cm³/mol. The topological polar surface area (TPSA) is 89.4 Å². The van der Waals surface area contributed by atoms with E-state index in [2.05, 4.69) is 0 Å². The first kappa shape index (κ1) is 9.47. The average Bonchev–Trinajstić information content (AvgIpc) is 2.03. The minimum atomic E-state index is -0.565. The van der Waals surface area contributed by atoms with Crippen LogP contribution in [0.15, 0.2) is 18.2 Å². The van der Waals surface area contributed by atoms with Gasteiger partial charge in [-0.05, 0) is 13.0 Å². The van der Waals surface area contributed by atoms with E-state index in [9.17, 15) is 15.2 Å². The molecule has 0 aliphatic carbocycles. The van der Waals surface area contributed by atoms with Crippen LogP contribution in [0.25, 0.3) is 0 Å². The number of benzene rings is 1. The van der Waals surface area contributed by atoms with E-state index >= 15 is 0 Å². The molecule has 13 heavy (non-hydrogen) atoms. The van der Waals surface area contributed by atoms with Gasteiger partial charge in [0.2, 0.25) is 0 Å². The molecule has 0 aliphatic rings. The number of rotatable bonds is 2. The van der Waals surface area contributed by atoms with E-state index < -0.39 is 4.92 Å². The lowest BCUT2D eigenvalue weighted by Gasteiger charge is -2.06. The number of nitrogens with two attached hydrogens (primary N) is 1. The van der Waals surface area contributed by atoms with Crippen molar-refractivity contribution in [2.24, 2.45) is 5.73 Å². The fourth-order valence-corrected chi connectivity index (χ4v) is 1.03. The molecule has 0 saturated carbocycles. The third kappa shape index (κ3) is 1.94. The molecule has 1 aromatic carbocycles. The molecular weight excluding hydrogens is 172 g/mol. The lowest BCUT2D eigenvalue weighted by molar-refractivity contribution is -0.384. The zero-order valence-electron chi connectivity index (χ0n) is 7.10. The maximum Gasteiger partial charge on any atom is 0.273 e. The summed E-state index contributed by atoms with van der Waals surface area (Å²) in [6.45, 7) is 1.70. The second-order valence-corrected chi connectivity index (χ2v) is 2.79. The lowest BCUT2D eigenvalue weighted by Crippen LogP contribution is -2.05. The standard InChI is InChI=1S/C8H10N2O3/c1-5(9)7-3-2-6(10(12)13)4-8(7)11/h2-5,11H,9H2,1H3/t5-/m0/s1. The van der Waals surface area contributed by atoms with Gasteiger partial charge < -0.3 is 10.8 Å². The van der Waals surface area contributed by atoms with Crippen molar-refractivity contribution in [2.75, 3.05) is 0 Å². The number of hydrogen-bond donors (Lipinski definition) is 2. The number of non-ortho nitro benzene ring substituents is 1. The summed E-state index contributed by atoms with van der Waals surface area (Å²) >= 11 is 0. The van der Waals surface area contributed by atoms with Crippen molar-refractivity contribution >= 4 is 5.69 Å². The summed E-state index contributed by atoms with van der Waals surface area (Å²) in [5.41, 5.74) is 5.88. The van der Waals surface area contributed by atoms with Crippen molar-refractivity contribution in [3.63, 3.8) is 0 Å². The smallest absolute Gasteiger partial charge is 0.273 e. The van der Waals surface area contributed by atoms with Gasteiger partial charge in [0, 0.05) is 17.7 Å². The highest BCUT2D eigenvalue weighted by atomic mass is 16.6. The van der Waals surface area contributed by atoms with Crippen LogP contribution in [0.3, 0.4) is 0 Å². The van der Waals surface area contributed by atoms with E-state index in [0.29, 0.717) is 5.56 Å². The van der Waals surface area contributed by atoms with Crippen molar-refractivity contribution in [1.82, 2.24) is 0 Å². The highest BCUT2D eigenvalue weighted by molar-refractivity contribution is 5.44. The Hall–Kier alpha value is -1.62. The van der Waals surface area contributed by atoms with Crippen LogP contribution in [0.4, 0.5) is 5.69 Å². The van der Waals surface area contributed by atoms with Crippen LogP contribution in [0.1, 0.15) is 18.5 Å². The zero-order chi connectivity index (χ0) is 10.0. The molecule has 1 aromatic rings. The molecule has 70 valence electrons. The number of nitro benzene ring substituents is 1. The van der Waals surface area contributed by atoms with Gasteiger partial charge in [0.1, 0.15) is 5.75 Å². The molecule has 0 unspecified atom stereocenters. The highest BCUT2D eigenvalue weighted by Crippen LogP contribution is 2.26. The Kier molecular flexibility index (Phi) is 2.48. The van der Waals surface area contributed by atoms with Crippen molar-refractivity contribution in [3.8, 4) is 5.75 Å². The molecule has 5 nitrogen and oxygen atoms in total. The second-order valence-electron chi connectivity index (χ2n) is 2.79. The predicted octanol–water partition coefficient (Wildman–Crippen LogP) is 1.32. The summed E-state index contributed by atoms with van der Waals surface area (Å²) < 4.78 is 0. The Bertz CT molecular complexity index is 336. The van der Waals surface area contributed by atoms with Crippen molar-refractivity contribution in [3.05, 3.63) is 33.9 Å². The number of nitrogens with zero attached hydrogens (tertiary/aromatic N) is 1. The Morgan fingerprint density at radius 1 is 1.62 bits per heavy atom. The number of phenols is 1. The molecule has 3 N–H and O–H groups in total. The van der Waals surface area contributed by atoms with Crippen LogP contribution >= 0.6 is 0 Å². The minimum absolute atomic E-state index is 0.135. The van der Waals surface area contributed by atoms with Crippen LogP contribution < -0.4 is 5.73 Å². The van der Waals surface area contributed by atoms with Crippen LogP contribution in [0.2, 0.25) is 0 Å². The first-order chi connectivity index (χ1) is 6.02. The summed E-state index contributed by atoms with van der Waals surface area (Å²) in [6, 6.07) is 3.54. The minimum Gasteiger partial charge on any atom is -0.507 e. The van der Waals surface area contributed by atoms with Crippen molar-refractivity contribution in [1.29, 1.82) is 0 Å². The van der Waals surface area contributed by atoms with Crippen molar-refractivity contribution < 1.29 is 10.0 Å². The second kappa shape index (κ2) is 3.40. The van der Waals surface area contributed by atoms with Gasteiger partial charge in [-0.2, -0.15) is 0 Å². The SMILES string of the molecule is C[C@H](N)c1ccc([N+](=O)[O-])cc1O. The zero-order valence-corrected chi connectivity index (χ0v) is 7.10. The maximum absolute atomic E-state index is 10.3. The molecular formula is C8H10N2O3. The fraction of sp³-hybridized carbons (Fsp3) is 0.250. The highest BCUT2D eigenvalue weighted by Gasteiger charge is 2.11.